The molecule has 5 N–H and O–H groups in total. The molecule has 0 amide bonds. The Kier molecular flexibility index (Phi) is 10.0. The summed E-state index contributed by atoms with van der Waals surface area (Å²) >= 11 is -2.01. The van der Waals surface area contributed by atoms with Crippen molar-refractivity contribution in [3.8, 4) is 5.75 Å². The predicted molar refractivity (Wildman–Crippen MR) is 113 cm³/mol. The van der Waals surface area contributed by atoms with E-state index in [-0.39, 0.29) is 16.5 Å². The molecule has 2 aromatic carbocycles. The highest BCUT2D eigenvalue weighted by atomic mass is 32.2. The zero-order valence-corrected chi connectivity index (χ0v) is 18.2. The number of fused-ring (bicyclic) bond motifs is 1. The van der Waals surface area contributed by atoms with Crippen molar-refractivity contribution in [3.63, 3.8) is 0 Å². The Morgan fingerprint density at radius 1 is 1.17 bits per heavy atom. The lowest BCUT2D eigenvalue weighted by Gasteiger charge is -2.08. The second-order valence-corrected chi connectivity index (χ2v) is 6.38. The average Bonchev–Trinajstić information content (AvgIpc) is 3.24. The summed E-state index contributed by atoms with van der Waals surface area (Å²) in [6.45, 7) is 8.00. The SMILES string of the molecule is CC.CC.O=C(O)c1nc(N=Nc2c(O)c(S(=O)O)cc3ccc(SO)cc23)n[nH]1. The maximum Gasteiger partial charge on any atom is 0.373 e. The predicted octanol–water partition coefficient (Wildman–Crippen LogP) is 4.98. The molecule has 30 heavy (non-hydrogen) atoms. The van der Waals surface area contributed by atoms with Crippen molar-refractivity contribution in [1.82, 2.24) is 15.2 Å². The first-order valence-corrected chi connectivity index (χ1v) is 10.6. The molecule has 3 aromatic rings. The lowest BCUT2D eigenvalue weighted by molar-refractivity contribution is 0.0684. The number of phenolic OH excluding ortho intramolecular Hbond substituents is 1. The van der Waals surface area contributed by atoms with Crippen LogP contribution in [0.2, 0.25) is 0 Å². The number of aromatic nitrogens is 3. The van der Waals surface area contributed by atoms with Crippen LogP contribution in [0.3, 0.4) is 0 Å². The smallest absolute Gasteiger partial charge is 0.373 e. The third kappa shape index (κ3) is 5.82. The van der Waals surface area contributed by atoms with E-state index in [4.69, 9.17) is 5.11 Å². The maximum atomic E-state index is 11.4. The number of nitrogens with zero attached hydrogens (tertiary/aromatic N) is 4. The van der Waals surface area contributed by atoms with Gasteiger partial charge in [0.1, 0.15) is 10.6 Å². The van der Waals surface area contributed by atoms with Gasteiger partial charge < -0.3 is 19.3 Å². The van der Waals surface area contributed by atoms with Gasteiger partial charge in [-0.2, -0.15) is 4.98 Å². The Balaban J connectivity index is 0.00000106. The van der Waals surface area contributed by atoms with Gasteiger partial charge in [-0.05, 0) is 23.6 Å². The van der Waals surface area contributed by atoms with Crippen molar-refractivity contribution in [3.05, 3.63) is 30.1 Å². The molecule has 1 unspecified atom stereocenters. The summed E-state index contributed by atoms with van der Waals surface area (Å²) in [4.78, 5) is 14.5. The molecule has 0 bridgehead atoms. The van der Waals surface area contributed by atoms with Gasteiger partial charge in [0.2, 0.25) is 5.82 Å². The fraction of sp³-hybridized carbons (Fsp3) is 0.235. The number of aromatic amines is 1. The second kappa shape index (κ2) is 12.0. The molecule has 0 radical (unpaired) electrons. The highest BCUT2D eigenvalue weighted by Gasteiger charge is 2.17. The minimum Gasteiger partial charge on any atom is -0.504 e. The summed E-state index contributed by atoms with van der Waals surface area (Å²) in [5, 5.41) is 33.0. The van der Waals surface area contributed by atoms with Crippen molar-refractivity contribution >= 4 is 51.5 Å². The summed E-state index contributed by atoms with van der Waals surface area (Å²) in [7, 11) is 0. The zero-order valence-electron chi connectivity index (χ0n) is 16.5. The summed E-state index contributed by atoms with van der Waals surface area (Å²) in [5.41, 5.74) is -0.155. The zero-order chi connectivity index (χ0) is 22.8. The summed E-state index contributed by atoms with van der Waals surface area (Å²) in [6.07, 6.45) is 0. The first-order valence-electron chi connectivity index (χ1n) is 8.70. The van der Waals surface area contributed by atoms with Crippen LogP contribution in [0.4, 0.5) is 11.6 Å². The molecule has 0 aliphatic heterocycles. The van der Waals surface area contributed by atoms with Crippen LogP contribution in [0.15, 0.2) is 44.3 Å². The van der Waals surface area contributed by atoms with E-state index in [0.29, 0.717) is 27.7 Å². The molecule has 0 aliphatic rings. The number of azo groups is 1. The second-order valence-electron chi connectivity index (χ2n) is 4.78. The minimum atomic E-state index is -2.49. The number of benzene rings is 2. The molecule has 3 rings (SSSR count). The number of H-pyrrole nitrogens is 1. The Morgan fingerprint density at radius 2 is 1.83 bits per heavy atom. The van der Waals surface area contributed by atoms with E-state index in [1.165, 1.54) is 12.1 Å². The molecular formula is C17H21N5O6S2. The number of hydrogen-bond donors (Lipinski definition) is 5. The first-order chi connectivity index (χ1) is 14.4. The van der Waals surface area contributed by atoms with Crippen LogP contribution in [0.5, 0.6) is 5.75 Å². The number of aromatic carboxylic acids is 1. The van der Waals surface area contributed by atoms with Gasteiger partial charge in [-0.1, -0.05) is 33.8 Å². The quantitative estimate of drug-likeness (QED) is 0.201. The van der Waals surface area contributed by atoms with E-state index in [0.717, 1.165) is 0 Å². The van der Waals surface area contributed by atoms with Crippen LogP contribution < -0.4 is 0 Å². The third-order valence-corrected chi connectivity index (χ3v) is 4.39. The number of phenols is 1. The molecule has 11 nitrogen and oxygen atoms in total. The van der Waals surface area contributed by atoms with Gasteiger partial charge in [0, 0.05) is 22.3 Å². The lowest BCUT2D eigenvalue weighted by Crippen LogP contribution is -1.98. The fourth-order valence-corrected chi connectivity index (χ4v) is 2.89. The van der Waals surface area contributed by atoms with Crippen molar-refractivity contribution in [2.24, 2.45) is 10.2 Å². The molecule has 13 heteroatoms. The number of carboxylic acid groups (broad SMARTS) is 1. The summed E-state index contributed by atoms with van der Waals surface area (Å²) in [5.74, 6) is -2.68. The monoisotopic (exact) mass is 455 g/mol. The molecule has 0 saturated heterocycles. The highest BCUT2D eigenvalue weighted by molar-refractivity contribution is 7.93. The van der Waals surface area contributed by atoms with Crippen molar-refractivity contribution in [2.75, 3.05) is 0 Å². The van der Waals surface area contributed by atoms with Gasteiger partial charge in [-0.15, -0.1) is 15.3 Å². The standard InChI is InChI=1S/C13H9N5O6S2.2C2H6/c19-10-8(26(23)24)3-5-1-2-6(25-22)4-7(5)9(10)15-17-13-14-11(12(20)21)16-18-13;2*1-2/h1-4,19,22H,(H,20,21)(H,23,24)(H,14,16,18);2*1-2H3. The van der Waals surface area contributed by atoms with Crippen LogP contribution in [-0.4, -0.2) is 44.7 Å². The van der Waals surface area contributed by atoms with Crippen LogP contribution in [0.1, 0.15) is 38.3 Å². The Hall–Kier alpha value is -2.87. The van der Waals surface area contributed by atoms with Crippen molar-refractivity contribution in [1.29, 1.82) is 0 Å². The lowest BCUT2D eigenvalue weighted by atomic mass is 10.1. The molecule has 0 aliphatic carbocycles. The molecule has 1 aromatic heterocycles. The fourth-order valence-electron chi connectivity index (χ4n) is 2.10. The molecule has 0 spiro atoms. The number of aromatic hydroxyl groups is 1. The minimum absolute atomic E-state index is 0.155. The van der Waals surface area contributed by atoms with E-state index in [9.17, 15) is 23.2 Å². The number of hydrogen-bond acceptors (Lipinski definition) is 9. The average molecular weight is 456 g/mol. The van der Waals surface area contributed by atoms with Crippen molar-refractivity contribution in [2.45, 2.75) is 37.5 Å². The van der Waals surface area contributed by atoms with Crippen LogP contribution in [0, 0.1) is 0 Å². The van der Waals surface area contributed by atoms with Crippen molar-refractivity contribution < 1.29 is 28.3 Å². The van der Waals surface area contributed by atoms with Gasteiger partial charge in [0.05, 0.1) is 0 Å². The van der Waals surface area contributed by atoms with Crippen LogP contribution in [-0.2, 0) is 11.1 Å². The Labute approximate surface area is 178 Å². The Morgan fingerprint density at radius 3 is 2.37 bits per heavy atom. The van der Waals surface area contributed by atoms with Crippen LogP contribution >= 0.6 is 12.0 Å². The number of nitrogens with one attached hydrogen (secondary N) is 1. The van der Waals surface area contributed by atoms with Gasteiger partial charge in [-0.25, -0.2) is 9.00 Å². The molecule has 0 fully saturated rings. The molecular weight excluding hydrogens is 434 g/mol. The van der Waals surface area contributed by atoms with Gasteiger partial charge in [0.15, 0.2) is 16.8 Å². The van der Waals surface area contributed by atoms with Gasteiger partial charge >= 0.3 is 5.97 Å². The number of rotatable bonds is 5. The number of carboxylic acids is 1. The third-order valence-electron chi connectivity index (χ3n) is 3.23. The Bertz CT molecular complexity index is 1070. The van der Waals surface area contributed by atoms with E-state index in [1.807, 2.05) is 27.7 Å². The van der Waals surface area contributed by atoms with E-state index >= 15 is 0 Å². The topological polar surface area (TPSA) is 181 Å². The normalized spacial score (nSPS) is 11.4. The molecule has 162 valence electrons. The van der Waals surface area contributed by atoms with E-state index in [2.05, 4.69) is 25.4 Å². The highest BCUT2D eigenvalue weighted by Crippen LogP contribution is 2.41. The molecule has 1 atom stereocenters. The largest absolute Gasteiger partial charge is 0.504 e. The van der Waals surface area contributed by atoms with E-state index in [1.54, 1.807) is 12.1 Å². The van der Waals surface area contributed by atoms with Gasteiger partial charge in [-0.3, -0.25) is 5.10 Å². The summed E-state index contributed by atoms with van der Waals surface area (Å²) in [6, 6.07) is 5.95. The molecule has 1 heterocycles. The first kappa shape index (κ1) is 25.2. The molecule has 0 saturated carbocycles. The number of carbonyl (C=O) groups is 1. The maximum absolute atomic E-state index is 11.4. The van der Waals surface area contributed by atoms with Crippen LogP contribution in [0.25, 0.3) is 10.8 Å². The summed E-state index contributed by atoms with van der Waals surface area (Å²) < 4.78 is 30.0. The van der Waals surface area contributed by atoms with E-state index < -0.39 is 28.6 Å². The van der Waals surface area contributed by atoms with Gasteiger partial charge in [0.25, 0.3) is 5.95 Å².